The van der Waals surface area contributed by atoms with E-state index in [9.17, 15) is 9.59 Å². The average Bonchev–Trinajstić information content (AvgIpc) is 4.33. The Morgan fingerprint density at radius 3 is 1.06 bits per heavy atom. The minimum atomic E-state index is -0.321. The summed E-state index contributed by atoms with van der Waals surface area (Å²) in [5.74, 6) is 4.74. The van der Waals surface area contributed by atoms with Gasteiger partial charge in [-0.3, -0.25) is 9.59 Å². The van der Waals surface area contributed by atoms with E-state index >= 15 is 0 Å². The van der Waals surface area contributed by atoms with Crippen LogP contribution in [-0.4, -0.2) is 30.9 Å². The normalized spacial score (nSPS) is 17.2. The lowest BCUT2D eigenvalue weighted by atomic mass is 9.76. The van der Waals surface area contributed by atoms with E-state index in [-0.39, 0.29) is 46.8 Å². The summed E-state index contributed by atoms with van der Waals surface area (Å²) < 4.78 is 36.3. The van der Waals surface area contributed by atoms with Gasteiger partial charge < -0.3 is 28.4 Å². The second-order valence-corrected chi connectivity index (χ2v) is 19.9. The highest BCUT2D eigenvalue weighted by molar-refractivity contribution is 6.09. The number of carbonyl (C=O) groups excluding carboxylic acids is 2. The van der Waals surface area contributed by atoms with Gasteiger partial charge in [-0.2, -0.15) is 0 Å². The fraction of sp³-hybridized carbons (Fsp3) is 0.219. The van der Waals surface area contributed by atoms with Crippen LogP contribution in [0.4, 0.5) is 0 Å². The Labute approximate surface area is 422 Å². The van der Waals surface area contributed by atoms with Crippen molar-refractivity contribution >= 4 is 11.6 Å². The largest absolute Gasteiger partial charge is 0.496 e. The Morgan fingerprint density at radius 1 is 0.403 bits per heavy atom. The molecule has 0 saturated carbocycles. The second-order valence-electron chi connectivity index (χ2n) is 19.9. The van der Waals surface area contributed by atoms with E-state index in [0.717, 1.165) is 44.9 Å². The number of methoxy groups -OCH3 is 1. The molecule has 72 heavy (non-hydrogen) atoms. The van der Waals surface area contributed by atoms with Crippen LogP contribution in [0.1, 0.15) is 125 Å². The Bertz CT molecular complexity index is 3240. The third-order valence-electron chi connectivity index (χ3n) is 14.2. The molecule has 2 aliphatic heterocycles. The van der Waals surface area contributed by atoms with Crippen LogP contribution < -0.4 is 18.9 Å². The Hall–Kier alpha value is -7.78. The quantitative estimate of drug-likeness (QED) is 0.0658. The fourth-order valence-corrected chi connectivity index (χ4v) is 9.30. The molecule has 0 spiro atoms. The van der Waals surface area contributed by atoms with Gasteiger partial charge in [0, 0.05) is 44.2 Å². The minimum absolute atomic E-state index is 0.0195. The first-order valence-corrected chi connectivity index (χ1v) is 24.5. The van der Waals surface area contributed by atoms with Crippen LogP contribution in [0, 0.1) is 6.92 Å². The van der Waals surface area contributed by atoms with E-state index < -0.39 is 0 Å². The Kier molecular flexibility index (Phi) is 12.9. The molecule has 362 valence electrons. The monoisotopic (exact) mass is 954 g/mol. The first-order valence-electron chi connectivity index (χ1n) is 24.5. The molecule has 2 fully saturated rings. The van der Waals surface area contributed by atoms with Gasteiger partial charge in [-0.25, -0.2) is 0 Å². The predicted molar refractivity (Wildman–Crippen MR) is 281 cm³/mol. The minimum Gasteiger partial charge on any atom is -0.496 e. The third-order valence-corrected chi connectivity index (χ3v) is 14.2. The summed E-state index contributed by atoms with van der Waals surface area (Å²) in [6.07, 6.45) is 0.239. The van der Waals surface area contributed by atoms with Crippen molar-refractivity contribution in [1.82, 2.24) is 0 Å². The molecule has 0 bridgehead atoms. The molecule has 0 aromatic heterocycles. The van der Waals surface area contributed by atoms with Crippen LogP contribution >= 0.6 is 0 Å². The van der Waals surface area contributed by atoms with E-state index in [4.69, 9.17) is 28.4 Å². The number of ether oxygens (including phenoxy) is 6. The van der Waals surface area contributed by atoms with E-state index in [1.807, 2.05) is 104 Å². The van der Waals surface area contributed by atoms with Gasteiger partial charge in [0.1, 0.15) is 52.5 Å². The lowest BCUT2D eigenvalue weighted by Gasteiger charge is -2.28. The highest BCUT2D eigenvalue weighted by Gasteiger charge is 2.41. The highest BCUT2D eigenvalue weighted by atomic mass is 16.6. The maximum absolute atomic E-state index is 13.6. The smallest absolute Gasteiger partial charge is 0.193 e. The summed E-state index contributed by atoms with van der Waals surface area (Å²) >= 11 is 0. The zero-order chi connectivity index (χ0) is 50.3. The molecule has 0 radical (unpaired) electrons. The summed E-state index contributed by atoms with van der Waals surface area (Å²) in [7, 11) is 1.70. The van der Waals surface area contributed by atoms with Gasteiger partial charge in [-0.1, -0.05) is 93.9 Å². The van der Waals surface area contributed by atoms with Gasteiger partial charge in [0.2, 0.25) is 0 Å². The fourth-order valence-electron chi connectivity index (χ4n) is 9.30. The summed E-state index contributed by atoms with van der Waals surface area (Å²) in [6.45, 7) is 15.0. The maximum Gasteiger partial charge on any atom is 0.193 e. The van der Waals surface area contributed by atoms with Gasteiger partial charge >= 0.3 is 0 Å². The van der Waals surface area contributed by atoms with Crippen LogP contribution in [-0.2, 0) is 20.3 Å². The van der Waals surface area contributed by atoms with Crippen molar-refractivity contribution in [3.05, 3.63) is 243 Å². The van der Waals surface area contributed by atoms with Crippen LogP contribution in [0.25, 0.3) is 0 Å². The first kappa shape index (κ1) is 47.9. The van der Waals surface area contributed by atoms with Gasteiger partial charge in [0.25, 0.3) is 0 Å². The van der Waals surface area contributed by atoms with Crippen LogP contribution in [0.3, 0.4) is 0 Å². The zero-order valence-corrected chi connectivity index (χ0v) is 41.9. The molecule has 4 unspecified atom stereocenters. The molecule has 0 N–H and O–H groups in total. The van der Waals surface area contributed by atoms with Crippen molar-refractivity contribution in [2.24, 2.45) is 0 Å². The molecule has 0 aliphatic carbocycles. The number of epoxide rings is 2. The number of rotatable bonds is 17. The van der Waals surface area contributed by atoms with Gasteiger partial charge in [0.05, 0.1) is 19.3 Å². The molecule has 2 heterocycles. The van der Waals surface area contributed by atoms with Crippen molar-refractivity contribution in [3.63, 3.8) is 0 Å². The summed E-state index contributed by atoms with van der Waals surface area (Å²) in [4.78, 5) is 26.6. The lowest BCUT2D eigenvalue weighted by Crippen LogP contribution is -2.19. The van der Waals surface area contributed by atoms with Crippen molar-refractivity contribution < 1.29 is 38.0 Å². The van der Waals surface area contributed by atoms with Gasteiger partial charge in [-0.05, 0) is 164 Å². The van der Waals surface area contributed by atoms with E-state index in [1.54, 1.807) is 43.5 Å². The van der Waals surface area contributed by atoms with E-state index in [1.165, 1.54) is 5.56 Å². The molecule has 8 nitrogen and oxygen atoms in total. The molecule has 2 aliphatic rings. The highest BCUT2D eigenvalue weighted by Crippen LogP contribution is 2.48. The molecule has 10 rings (SSSR count). The predicted octanol–water partition coefficient (Wildman–Crippen LogP) is 15.4. The number of carbonyl (C=O) groups is 2. The van der Waals surface area contributed by atoms with Crippen LogP contribution in [0.5, 0.6) is 40.2 Å². The molecular formula is C64H58O8. The Morgan fingerprint density at radius 2 is 0.694 bits per heavy atom. The number of hydrogen-bond acceptors (Lipinski definition) is 8. The molecule has 0 amide bonds. The van der Waals surface area contributed by atoms with Crippen LogP contribution in [0.15, 0.2) is 182 Å². The Balaban J connectivity index is 0.743. The molecule has 8 aromatic rings. The summed E-state index contributed by atoms with van der Waals surface area (Å²) in [6, 6.07) is 58.1. The average molecular weight is 955 g/mol. The molecule has 8 heteroatoms. The van der Waals surface area contributed by atoms with E-state index in [0.29, 0.717) is 51.0 Å². The lowest BCUT2D eigenvalue weighted by molar-refractivity contribution is 0.103. The van der Waals surface area contributed by atoms with Crippen molar-refractivity contribution in [2.45, 2.75) is 83.7 Å². The van der Waals surface area contributed by atoms with Gasteiger partial charge in [-0.15, -0.1) is 0 Å². The maximum atomic E-state index is 13.6. The molecule has 8 aromatic carbocycles. The number of benzene rings is 8. The standard InChI is InChI=1S/C64H58O8/c1-39-9-11-42(12-10-39)59(65)43-13-25-50(26-14-43)70-52-31-19-46(20-32-52)63(4,5)47-21-33-53(34-22-47)71-51-27-15-44(16-28-51)60(66)45-17-29-54(30-18-45)72-58-36-24-49(38-56(58)62-41(3)69-62)64(6,7)48-23-35-57(67-8)55(37-48)61-40(2)68-61/h9-38,40-41,61-62H,1-8H3. The SMILES string of the molecule is COc1ccc(C(C)(C)c2ccc(Oc3ccc(C(=O)c4ccc(Oc5ccc(C(C)(C)c6ccc(Oc7ccc(C(=O)c8ccc(C)cc8)cc7)cc6)cc5)cc4)cc3)c(C3OC3C)c2)cc1C1OC1C. The number of hydrogen-bond donors (Lipinski definition) is 0. The first-order chi connectivity index (χ1) is 34.6. The number of aryl methyl sites for hydroxylation is 1. The summed E-state index contributed by atoms with van der Waals surface area (Å²) in [5, 5.41) is 0. The van der Waals surface area contributed by atoms with Crippen LogP contribution in [0.2, 0.25) is 0 Å². The van der Waals surface area contributed by atoms with Gasteiger partial charge in [0.15, 0.2) is 11.6 Å². The molecule has 2 saturated heterocycles. The second kappa shape index (κ2) is 19.4. The van der Waals surface area contributed by atoms with Crippen molar-refractivity contribution in [1.29, 1.82) is 0 Å². The van der Waals surface area contributed by atoms with E-state index in [2.05, 4.69) is 90.1 Å². The molecule has 4 atom stereocenters. The topological polar surface area (TPSA) is 96.1 Å². The molecular weight excluding hydrogens is 897 g/mol. The van der Waals surface area contributed by atoms with Crippen molar-refractivity contribution in [2.75, 3.05) is 7.11 Å². The van der Waals surface area contributed by atoms with Crippen molar-refractivity contribution in [3.8, 4) is 40.2 Å². The summed E-state index contributed by atoms with van der Waals surface area (Å²) in [5.41, 5.74) is 9.50. The zero-order valence-electron chi connectivity index (χ0n) is 41.9. The third kappa shape index (κ3) is 10.1. The number of ketones is 2.